The van der Waals surface area contributed by atoms with Crippen LogP contribution in [0.25, 0.3) is 11.1 Å². The predicted octanol–water partition coefficient (Wildman–Crippen LogP) is 2.57. The van der Waals surface area contributed by atoms with Crippen LogP contribution in [-0.2, 0) is 0 Å². The van der Waals surface area contributed by atoms with Gasteiger partial charge in [0.05, 0.1) is 0 Å². The van der Waals surface area contributed by atoms with Crippen molar-refractivity contribution in [3.8, 4) is 11.1 Å². The fourth-order valence-electron chi connectivity index (χ4n) is 3.54. The van der Waals surface area contributed by atoms with Crippen LogP contribution in [0, 0.1) is 5.92 Å². The first-order chi connectivity index (χ1) is 8.29. The largest absolute Gasteiger partial charge is 0.131 e. The number of hydrogen-bond donors (Lipinski definition) is 0. The lowest BCUT2D eigenvalue weighted by Crippen LogP contribution is -2.56. The van der Waals surface area contributed by atoms with Crippen LogP contribution in [0.3, 0.4) is 0 Å². The van der Waals surface area contributed by atoms with Crippen LogP contribution in [0.1, 0.15) is 25.0 Å². The molecule has 1 atom stereocenters. The van der Waals surface area contributed by atoms with Gasteiger partial charge in [0, 0.05) is 0 Å². The monoisotopic (exact) mass is 235 g/mol. The van der Waals surface area contributed by atoms with Gasteiger partial charge in [0.2, 0.25) is 0 Å². The van der Waals surface area contributed by atoms with Crippen molar-refractivity contribution in [2.24, 2.45) is 5.92 Å². The van der Waals surface area contributed by atoms with E-state index in [1.165, 1.54) is 11.1 Å². The highest BCUT2D eigenvalue weighted by atomic mass is 28.3. The molecule has 2 heterocycles. The first-order valence-electron chi connectivity index (χ1n) is 6.39. The fourth-order valence-corrected chi connectivity index (χ4v) is 7.28. The highest BCUT2D eigenvalue weighted by Gasteiger charge is 2.48. The maximum atomic E-state index is 2.37. The minimum atomic E-state index is -0.447. The van der Waals surface area contributed by atoms with E-state index in [-0.39, 0.29) is 0 Å². The second-order valence-corrected chi connectivity index (χ2v) is 7.94. The summed E-state index contributed by atoms with van der Waals surface area (Å²) >= 11 is 0. The van der Waals surface area contributed by atoms with Crippen molar-refractivity contribution in [3.05, 3.63) is 48.0 Å². The maximum Gasteiger partial charge on any atom is 0.131 e. The molecule has 0 aliphatic carbocycles. The minimum Gasteiger partial charge on any atom is -0.0624 e. The van der Waals surface area contributed by atoms with E-state index in [9.17, 15) is 0 Å². The quantitative estimate of drug-likeness (QED) is 0.666. The average molecular weight is 235 g/mol. The van der Waals surface area contributed by atoms with Crippen LogP contribution in [0.5, 0.6) is 0 Å². The molecule has 2 aliphatic heterocycles. The van der Waals surface area contributed by atoms with Crippen molar-refractivity contribution in [1.82, 2.24) is 0 Å². The molecular weight excluding hydrogens is 220 g/mol. The lowest BCUT2D eigenvalue weighted by Gasteiger charge is -2.39. The summed E-state index contributed by atoms with van der Waals surface area (Å²) in [5, 5.41) is 3.38. The van der Waals surface area contributed by atoms with Crippen LogP contribution in [0.2, 0.25) is 0 Å². The number of rotatable bonds is 1. The zero-order valence-corrected chi connectivity index (χ0v) is 11.2. The second kappa shape index (κ2) is 3.11. The molecule has 0 fully saturated rings. The molecule has 0 amide bonds. The van der Waals surface area contributed by atoms with Gasteiger partial charge in [-0.15, -0.1) is 0 Å². The molecule has 1 unspecified atom stereocenters. The Kier molecular flexibility index (Phi) is 1.77. The Morgan fingerprint density at radius 2 is 1.71 bits per heavy atom. The van der Waals surface area contributed by atoms with Crippen molar-refractivity contribution in [3.63, 3.8) is 0 Å². The normalized spacial score (nSPS) is 20.1. The Balaban J connectivity index is 2.03. The van der Waals surface area contributed by atoms with Gasteiger partial charge in [0.25, 0.3) is 0 Å². The molecule has 4 rings (SSSR count). The standard InChI is InChI=1S/C16H15Si/c1-10(2)15-13-8-5-7-12-11-6-3-4-9-14(11)17(15)16(12)13/h3-10,15H,1-2H3. The first kappa shape index (κ1) is 9.66. The second-order valence-electron chi connectivity index (χ2n) is 5.45. The van der Waals surface area contributed by atoms with Crippen molar-refractivity contribution in [2.45, 2.75) is 19.4 Å². The van der Waals surface area contributed by atoms with Gasteiger partial charge in [0.1, 0.15) is 8.80 Å². The lowest BCUT2D eigenvalue weighted by atomic mass is 9.96. The van der Waals surface area contributed by atoms with Gasteiger partial charge in [-0.1, -0.05) is 56.3 Å². The van der Waals surface area contributed by atoms with Crippen molar-refractivity contribution in [1.29, 1.82) is 0 Å². The van der Waals surface area contributed by atoms with E-state index in [2.05, 4.69) is 56.3 Å². The third kappa shape index (κ3) is 1.03. The van der Waals surface area contributed by atoms with E-state index in [1.807, 2.05) is 0 Å². The molecule has 2 aromatic rings. The van der Waals surface area contributed by atoms with Gasteiger partial charge >= 0.3 is 0 Å². The van der Waals surface area contributed by atoms with E-state index in [1.54, 1.807) is 15.9 Å². The lowest BCUT2D eigenvalue weighted by molar-refractivity contribution is 0.606. The molecular formula is C16H15Si. The van der Waals surface area contributed by atoms with E-state index < -0.39 is 8.80 Å². The smallest absolute Gasteiger partial charge is 0.0624 e. The molecule has 1 heteroatoms. The summed E-state index contributed by atoms with van der Waals surface area (Å²) in [5.74, 6) is 0.776. The molecule has 0 N–H and O–H groups in total. The van der Waals surface area contributed by atoms with Crippen LogP contribution in [0.15, 0.2) is 42.5 Å². The summed E-state index contributed by atoms with van der Waals surface area (Å²) in [5.41, 5.74) is 5.52. The van der Waals surface area contributed by atoms with Crippen LogP contribution in [0.4, 0.5) is 0 Å². The Morgan fingerprint density at radius 3 is 2.53 bits per heavy atom. The molecule has 83 valence electrons. The fraction of sp³-hybridized carbons (Fsp3) is 0.250. The van der Waals surface area contributed by atoms with Gasteiger partial charge in [0.15, 0.2) is 0 Å². The molecule has 1 radical (unpaired) electrons. The molecule has 17 heavy (non-hydrogen) atoms. The van der Waals surface area contributed by atoms with E-state index in [4.69, 9.17) is 0 Å². The van der Waals surface area contributed by atoms with Crippen molar-refractivity contribution < 1.29 is 0 Å². The Morgan fingerprint density at radius 1 is 0.941 bits per heavy atom. The zero-order chi connectivity index (χ0) is 11.6. The predicted molar refractivity (Wildman–Crippen MR) is 74.5 cm³/mol. The molecule has 0 bridgehead atoms. The Labute approximate surface area is 104 Å². The summed E-state index contributed by atoms with van der Waals surface area (Å²) in [4.78, 5) is 0. The number of benzene rings is 2. The van der Waals surface area contributed by atoms with Crippen LogP contribution < -0.4 is 10.4 Å². The van der Waals surface area contributed by atoms with Gasteiger partial charge < -0.3 is 0 Å². The van der Waals surface area contributed by atoms with Crippen LogP contribution in [-0.4, -0.2) is 8.80 Å². The van der Waals surface area contributed by atoms with Gasteiger partial charge in [-0.25, -0.2) is 0 Å². The van der Waals surface area contributed by atoms with E-state index in [0.29, 0.717) is 0 Å². The van der Waals surface area contributed by atoms with E-state index >= 15 is 0 Å². The summed E-state index contributed by atoms with van der Waals surface area (Å²) < 4.78 is 0. The van der Waals surface area contributed by atoms with Crippen molar-refractivity contribution in [2.75, 3.05) is 0 Å². The zero-order valence-electron chi connectivity index (χ0n) is 10.2. The highest BCUT2D eigenvalue weighted by Crippen LogP contribution is 2.41. The van der Waals surface area contributed by atoms with Crippen molar-refractivity contribution >= 4 is 19.2 Å². The molecule has 0 aromatic heterocycles. The van der Waals surface area contributed by atoms with Gasteiger partial charge in [-0.05, 0) is 38.5 Å². The van der Waals surface area contributed by atoms with Gasteiger partial charge in [-0.3, -0.25) is 0 Å². The highest BCUT2D eigenvalue weighted by molar-refractivity contribution is 6.94. The summed E-state index contributed by atoms with van der Waals surface area (Å²) in [6.07, 6.45) is 0. The number of hydrogen-bond acceptors (Lipinski definition) is 0. The van der Waals surface area contributed by atoms with E-state index in [0.717, 1.165) is 11.5 Å². The maximum absolute atomic E-state index is 2.37. The Hall–Kier alpha value is -1.34. The third-order valence-corrected chi connectivity index (χ3v) is 7.90. The number of fused-ring (bicyclic) bond motifs is 3. The SMILES string of the molecule is CC(C)C1c2cccc3c2[Si]1c1ccccc1-3. The summed E-state index contributed by atoms with van der Waals surface area (Å²) in [6, 6.07) is 16.0. The third-order valence-electron chi connectivity index (χ3n) is 4.19. The Bertz CT molecular complexity index is 613. The van der Waals surface area contributed by atoms with Gasteiger partial charge in [-0.2, -0.15) is 0 Å². The average Bonchev–Trinajstić information content (AvgIpc) is 2.60. The molecule has 2 aliphatic rings. The molecule has 0 spiro atoms. The minimum absolute atomic E-state index is 0.447. The molecule has 0 saturated heterocycles. The molecule has 0 nitrogen and oxygen atoms in total. The summed E-state index contributed by atoms with van der Waals surface area (Å²) in [7, 11) is -0.447. The topological polar surface area (TPSA) is 0 Å². The molecule has 2 aromatic carbocycles. The van der Waals surface area contributed by atoms with Crippen LogP contribution >= 0.6 is 0 Å². The first-order valence-corrected chi connectivity index (χ1v) is 7.96. The summed E-state index contributed by atoms with van der Waals surface area (Å²) in [6.45, 7) is 4.75. The molecule has 0 saturated carbocycles.